The first-order chi connectivity index (χ1) is 8.65. The SMILES string of the molecule is CCCCOCCOC(=O)c1ccc([N+](=O)[O-])o1. The molecule has 7 heteroatoms. The maximum Gasteiger partial charge on any atom is 0.433 e. The van der Waals surface area contributed by atoms with Crippen LogP contribution >= 0.6 is 0 Å². The van der Waals surface area contributed by atoms with Crippen LogP contribution in [0, 0.1) is 10.1 Å². The van der Waals surface area contributed by atoms with Crippen molar-refractivity contribution in [2.45, 2.75) is 19.8 Å². The van der Waals surface area contributed by atoms with E-state index in [2.05, 4.69) is 4.42 Å². The lowest BCUT2D eigenvalue weighted by Crippen LogP contribution is -2.10. The molecule has 0 aliphatic heterocycles. The van der Waals surface area contributed by atoms with E-state index in [1.165, 1.54) is 6.07 Å². The molecular formula is C11H15NO6. The molecule has 0 atom stereocenters. The van der Waals surface area contributed by atoms with Gasteiger partial charge in [0.1, 0.15) is 11.5 Å². The summed E-state index contributed by atoms with van der Waals surface area (Å²) in [7, 11) is 0. The Balaban J connectivity index is 2.25. The minimum absolute atomic E-state index is 0.0943. The molecule has 18 heavy (non-hydrogen) atoms. The summed E-state index contributed by atoms with van der Waals surface area (Å²) in [5, 5.41) is 10.3. The molecule has 100 valence electrons. The molecule has 0 aliphatic carbocycles. The van der Waals surface area contributed by atoms with Crippen molar-refractivity contribution in [3.8, 4) is 0 Å². The highest BCUT2D eigenvalue weighted by Gasteiger charge is 2.18. The number of nitrogens with zero attached hydrogens (tertiary/aromatic N) is 1. The second-order valence-electron chi connectivity index (χ2n) is 3.50. The smallest absolute Gasteiger partial charge is 0.433 e. The van der Waals surface area contributed by atoms with Crippen molar-refractivity contribution in [2.24, 2.45) is 0 Å². The van der Waals surface area contributed by atoms with Gasteiger partial charge < -0.3 is 13.9 Å². The minimum atomic E-state index is -0.734. The van der Waals surface area contributed by atoms with Crippen LogP contribution in [0.5, 0.6) is 0 Å². The fourth-order valence-corrected chi connectivity index (χ4v) is 1.15. The zero-order valence-corrected chi connectivity index (χ0v) is 10.1. The third-order valence-corrected chi connectivity index (χ3v) is 2.08. The van der Waals surface area contributed by atoms with Gasteiger partial charge in [0, 0.05) is 6.61 Å². The minimum Gasteiger partial charge on any atom is -0.457 e. The van der Waals surface area contributed by atoms with Crippen molar-refractivity contribution in [1.29, 1.82) is 0 Å². The normalized spacial score (nSPS) is 10.3. The number of carbonyl (C=O) groups is 1. The summed E-state index contributed by atoms with van der Waals surface area (Å²) in [6, 6.07) is 2.31. The van der Waals surface area contributed by atoms with Crippen LogP contribution in [0.3, 0.4) is 0 Å². The zero-order valence-electron chi connectivity index (χ0n) is 10.1. The first-order valence-electron chi connectivity index (χ1n) is 5.64. The Morgan fingerprint density at radius 1 is 1.39 bits per heavy atom. The van der Waals surface area contributed by atoms with Crippen LogP contribution in [-0.2, 0) is 9.47 Å². The van der Waals surface area contributed by atoms with Crippen LogP contribution in [-0.4, -0.2) is 30.7 Å². The Bertz CT molecular complexity index is 400. The number of ether oxygens (including phenoxy) is 2. The van der Waals surface area contributed by atoms with E-state index in [1.54, 1.807) is 0 Å². The van der Waals surface area contributed by atoms with Gasteiger partial charge in [-0.2, -0.15) is 0 Å². The van der Waals surface area contributed by atoms with E-state index in [0.717, 1.165) is 18.9 Å². The molecule has 0 amide bonds. The van der Waals surface area contributed by atoms with Gasteiger partial charge >= 0.3 is 11.9 Å². The van der Waals surface area contributed by atoms with E-state index in [9.17, 15) is 14.9 Å². The first-order valence-corrected chi connectivity index (χ1v) is 5.64. The van der Waals surface area contributed by atoms with E-state index >= 15 is 0 Å². The van der Waals surface area contributed by atoms with Gasteiger partial charge in [0.25, 0.3) is 0 Å². The van der Waals surface area contributed by atoms with Gasteiger partial charge in [0.15, 0.2) is 0 Å². The molecule has 7 nitrogen and oxygen atoms in total. The number of furan rings is 1. The largest absolute Gasteiger partial charge is 0.457 e. The number of carbonyl (C=O) groups excluding carboxylic acids is 1. The van der Waals surface area contributed by atoms with E-state index in [0.29, 0.717) is 13.2 Å². The van der Waals surface area contributed by atoms with Crippen molar-refractivity contribution in [3.63, 3.8) is 0 Å². The summed E-state index contributed by atoms with van der Waals surface area (Å²) in [4.78, 5) is 21.0. The molecule has 0 N–H and O–H groups in total. The van der Waals surface area contributed by atoms with Crippen molar-refractivity contribution in [2.75, 3.05) is 19.8 Å². The van der Waals surface area contributed by atoms with Gasteiger partial charge in [0.2, 0.25) is 5.76 Å². The quantitative estimate of drug-likeness (QED) is 0.306. The second kappa shape index (κ2) is 7.44. The van der Waals surface area contributed by atoms with Gasteiger partial charge in [-0.1, -0.05) is 13.3 Å². The molecule has 0 unspecified atom stereocenters. The maximum absolute atomic E-state index is 11.4. The second-order valence-corrected chi connectivity index (χ2v) is 3.50. The lowest BCUT2D eigenvalue weighted by atomic mass is 10.4. The average molecular weight is 257 g/mol. The molecule has 1 heterocycles. The van der Waals surface area contributed by atoms with Gasteiger partial charge in [-0.25, -0.2) is 4.79 Å². The third-order valence-electron chi connectivity index (χ3n) is 2.08. The number of esters is 1. The summed E-state index contributed by atoms with van der Waals surface area (Å²) >= 11 is 0. The summed E-state index contributed by atoms with van der Waals surface area (Å²) in [6.45, 7) is 3.07. The first kappa shape index (κ1) is 14.2. The molecule has 0 bridgehead atoms. The zero-order chi connectivity index (χ0) is 13.4. The number of unbranched alkanes of at least 4 members (excludes halogenated alkanes) is 1. The number of nitro groups is 1. The third kappa shape index (κ3) is 4.54. The van der Waals surface area contributed by atoms with Gasteiger partial charge in [0.05, 0.1) is 12.7 Å². The summed E-state index contributed by atoms with van der Waals surface area (Å²) in [5.74, 6) is -1.40. The summed E-state index contributed by atoms with van der Waals surface area (Å²) in [5.41, 5.74) is 0. The molecule has 1 aromatic heterocycles. The number of rotatable bonds is 8. The van der Waals surface area contributed by atoms with Crippen molar-refractivity contribution in [1.82, 2.24) is 0 Å². The van der Waals surface area contributed by atoms with Crippen molar-refractivity contribution < 1.29 is 23.6 Å². The van der Waals surface area contributed by atoms with Crippen LogP contribution in [0.4, 0.5) is 5.88 Å². The Kier molecular flexibility index (Phi) is 5.86. The Morgan fingerprint density at radius 3 is 2.78 bits per heavy atom. The number of hydrogen-bond donors (Lipinski definition) is 0. The summed E-state index contributed by atoms with van der Waals surface area (Å²) in [6.07, 6.45) is 1.99. The molecule has 1 aromatic rings. The van der Waals surface area contributed by atoms with Gasteiger partial charge in [-0.05, 0) is 12.5 Å². The van der Waals surface area contributed by atoms with Crippen LogP contribution in [0.2, 0.25) is 0 Å². The topological polar surface area (TPSA) is 91.8 Å². The Morgan fingerprint density at radius 2 is 2.17 bits per heavy atom. The van der Waals surface area contributed by atoms with Crippen LogP contribution < -0.4 is 0 Å². The highest BCUT2D eigenvalue weighted by molar-refractivity contribution is 5.86. The average Bonchev–Trinajstić information content (AvgIpc) is 2.83. The molecule has 0 aromatic carbocycles. The lowest BCUT2D eigenvalue weighted by molar-refractivity contribution is -0.402. The van der Waals surface area contributed by atoms with E-state index in [1.807, 2.05) is 6.92 Å². The fourth-order valence-electron chi connectivity index (χ4n) is 1.15. The van der Waals surface area contributed by atoms with E-state index in [-0.39, 0.29) is 12.4 Å². The molecule has 0 saturated carbocycles. The standard InChI is InChI=1S/C11H15NO6/c1-2-3-6-16-7-8-17-11(13)9-4-5-10(18-9)12(14)15/h4-5H,2-3,6-8H2,1H3. The predicted octanol–water partition coefficient (Wildman–Crippen LogP) is 2.16. The van der Waals surface area contributed by atoms with Crippen LogP contribution in [0.15, 0.2) is 16.5 Å². The van der Waals surface area contributed by atoms with Crippen molar-refractivity contribution >= 4 is 11.9 Å². The molecule has 1 rings (SSSR count). The Labute approximate surface area is 104 Å². The lowest BCUT2D eigenvalue weighted by Gasteiger charge is -2.03. The van der Waals surface area contributed by atoms with Crippen LogP contribution in [0.25, 0.3) is 0 Å². The fraction of sp³-hybridized carbons (Fsp3) is 0.545. The van der Waals surface area contributed by atoms with Crippen LogP contribution in [0.1, 0.15) is 30.3 Å². The van der Waals surface area contributed by atoms with Gasteiger partial charge in [-0.15, -0.1) is 0 Å². The van der Waals surface area contributed by atoms with Gasteiger partial charge in [-0.3, -0.25) is 10.1 Å². The summed E-state index contributed by atoms with van der Waals surface area (Å²) < 4.78 is 14.7. The monoisotopic (exact) mass is 257 g/mol. The van der Waals surface area contributed by atoms with E-state index < -0.39 is 16.8 Å². The highest BCUT2D eigenvalue weighted by atomic mass is 16.7. The van der Waals surface area contributed by atoms with Crippen molar-refractivity contribution in [3.05, 3.63) is 28.0 Å². The molecule has 0 aliphatic rings. The maximum atomic E-state index is 11.4. The highest BCUT2D eigenvalue weighted by Crippen LogP contribution is 2.16. The molecule has 0 fully saturated rings. The molecule has 0 radical (unpaired) electrons. The molecular weight excluding hydrogens is 242 g/mol. The number of hydrogen-bond acceptors (Lipinski definition) is 6. The molecule has 0 saturated heterocycles. The predicted molar refractivity (Wildman–Crippen MR) is 61.4 cm³/mol. The Hall–Kier alpha value is -1.89. The van der Waals surface area contributed by atoms with E-state index in [4.69, 9.17) is 9.47 Å². The molecule has 0 spiro atoms.